The van der Waals surface area contributed by atoms with Gasteiger partial charge in [-0.15, -0.1) is 11.3 Å². The Hall–Kier alpha value is -1.64. The highest BCUT2D eigenvalue weighted by Gasteiger charge is 2.05. The summed E-state index contributed by atoms with van der Waals surface area (Å²) in [4.78, 5) is 0. The Balaban J connectivity index is 1.93. The van der Waals surface area contributed by atoms with E-state index in [1.165, 1.54) is 26.8 Å². The van der Waals surface area contributed by atoms with Crippen LogP contribution in [0.3, 0.4) is 0 Å². The van der Waals surface area contributed by atoms with Crippen LogP contribution in [-0.4, -0.2) is 13.1 Å². The van der Waals surface area contributed by atoms with E-state index in [2.05, 4.69) is 66.2 Å². The predicted octanol–water partition coefficient (Wildman–Crippen LogP) is 4.72. The van der Waals surface area contributed by atoms with Crippen LogP contribution in [0, 0.1) is 0 Å². The number of fused-ring (bicyclic) bond motifs is 1. The van der Waals surface area contributed by atoms with Gasteiger partial charge in [-0.25, -0.2) is 0 Å². The van der Waals surface area contributed by atoms with Crippen LogP contribution in [0.25, 0.3) is 21.2 Å². The van der Waals surface area contributed by atoms with E-state index in [1.54, 1.807) is 0 Å². The molecule has 0 saturated carbocycles. The average Bonchev–Trinajstić information content (AvgIpc) is 2.96. The molecule has 1 aromatic heterocycles. The molecule has 1 nitrogen and oxygen atoms in total. The second-order valence-corrected chi connectivity index (χ2v) is 6.15. The summed E-state index contributed by atoms with van der Waals surface area (Å²) in [5, 5.41) is 6.78. The van der Waals surface area contributed by atoms with Gasteiger partial charge in [0, 0.05) is 10.7 Å². The first-order valence-electron chi connectivity index (χ1n) is 7.01. The van der Waals surface area contributed by atoms with E-state index in [9.17, 15) is 0 Å². The monoisotopic (exact) mass is 281 g/mol. The summed E-state index contributed by atoms with van der Waals surface area (Å²) in [6.45, 7) is 2.21. The van der Waals surface area contributed by atoms with Gasteiger partial charge in [-0.05, 0) is 53.9 Å². The Kier molecular flexibility index (Phi) is 3.86. The minimum absolute atomic E-state index is 0.515. The van der Waals surface area contributed by atoms with Gasteiger partial charge in [0.25, 0.3) is 0 Å². The number of nitrogens with one attached hydrogen (secondary N) is 1. The zero-order valence-corrected chi connectivity index (χ0v) is 12.7. The molecular formula is C18H19NS. The minimum Gasteiger partial charge on any atom is -0.317 e. The molecule has 1 N–H and O–H groups in total. The first-order valence-corrected chi connectivity index (χ1v) is 7.88. The third kappa shape index (κ3) is 2.62. The largest absolute Gasteiger partial charge is 0.317 e. The average molecular weight is 281 g/mol. The molecule has 0 spiro atoms. The number of likely N-dealkylation sites (N-methyl/N-ethyl adjacent to an activating group) is 1. The van der Waals surface area contributed by atoms with Crippen molar-refractivity contribution in [2.75, 3.05) is 7.05 Å². The fourth-order valence-electron chi connectivity index (χ4n) is 2.50. The summed E-state index contributed by atoms with van der Waals surface area (Å²) < 4.78 is 1.38. The Morgan fingerprint density at radius 1 is 1.05 bits per heavy atom. The van der Waals surface area contributed by atoms with Gasteiger partial charge >= 0.3 is 0 Å². The summed E-state index contributed by atoms with van der Waals surface area (Å²) in [6, 6.07) is 18.2. The van der Waals surface area contributed by atoms with Gasteiger partial charge in [0.1, 0.15) is 0 Å². The van der Waals surface area contributed by atoms with Crippen LogP contribution in [0.5, 0.6) is 0 Å². The number of rotatable bonds is 4. The Morgan fingerprint density at radius 3 is 2.60 bits per heavy atom. The van der Waals surface area contributed by atoms with E-state index in [0.29, 0.717) is 6.04 Å². The Morgan fingerprint density at radius 2 is 1.85 bits per heavy atom. The maximum Gasteiger partial charge on any atom is 0.0421 e. The quantitative estimate of drug-likeness (QED) is 0.729. The molecule has 1 atom stereocenters. The predicted molar refractivity (Wildman–Crippen MR) is 89.5 cm³/mol. The summed E-state index contributed by atoms with van der Waals surface area (Å²) in [7, 11) is 2.01. The van der Waals surface area contributed by atoms with Crippen LogP contribution >= 0.6 is 11.3 Å². The van der Waals surface area contributed by atoms with E-state index in [0.717, 1.165) is 6.42 Å². The molecule has 3 rings (SSSR count). The molecule has 102 valence electrons. The number of hydrogen-bond donors (Lipinski definition) is 1. The zero-order chi connectivity index (χ0) is 13.9. The maximum absolute atomic E-state index is 3.28. The summed E-state index contributed by atoms with van der Waals surface area (Å²) in [6.07, 6.45) is 1.07. The fourth-order valence-corrected chi connectivity index (χ4v) is 3.43. The van der Waals surface area contributed by atoms with Crippen molar-refractivity contribution in [2.24, 2.45) is 0 Å². The number of hydrogen-bond acceptors (Lipinski definition) is 2. The van der Waals surface area contributed by atoms with E-state index in [4.69, 9.17) is 0 Å². The van der Waals surface area contributed by atoms with Crippen molar-refractivity contribution in [1.82, 2.24) is 5.32 Å². The van der Waals surface area contributed by atoms with Gasteiger partial charge in [0.05, 0.1) is 0 Å². The molecule has 3 aromatic rings. The fraction of sp³-hybridized carbons (Fsp3) is 0.222. The van der Waals surface area contributed by atoms with Gasteiger partial charge in [0.2, 0.25) is 0 Å². The topological polar surface area (TPSA) is 12.0 Å². The lowest BCUT2D eigenvalue weighted by Gasteiger charge is -2.10. The smallest absolute Gasteiger partial charge is 0.0421 e. The second kappa shape index (κ2) is 5.78. The van der Waals surface area contributed by atoms with Crippen molar-refractivity contribution in [3.8, 4) is 11.1 Å². The third-order valence-electron chi connectivity index (χ3n) is 3.78. The Bertz CT molecular complexity index is 697. The van der Waals surface area contributed by atoms with Crippen molar-refractivity contribution in [1.29, 1.82) is 0 Å². The van der Waals surface area contributed by atoms with Crippen LogP contribution in [0.1, 0.15) is 12.5 Å². The lowest BCUT2D eigenvalue weighted by molar-refractivity contribution is 0.608. The highest BCUT2D eigenvalue weighted by atomic mass is 32.1. The maximum atomic E-state index is 3.28. The molecule has 0 aliphatic rings. The standard InChI is InChI=1S/C18H19NS/c1-13(19-2)12-14-6-8-15(9-7-14)17-5-3-4-16-10-11-20-18(16)17/h3-11,13,19H,12H2,1-2H3. The highest BCUT2D eigenvalue weighted by Crippen LogP contribution is 2.32. The normalized spacial score (nSPS) is 12.7. The third-order valence-corrected chi connectivity index (χ3v) is 4.74. The SMILES string of the molecule is CNC(C)Cc1ccc(-c2cccc3ccsc23)cc1. The van der Waals surface area contributed by atoms with Gasteiger partial charge in [0.15, 0.2) is 0 Å². The molecule has 1 unspecified atom stereocenters. The van der Waals surface area contributed by atoms with Gasteiger partial charge < -0.3 is 5.32 Å². The molecule has 2 aromatic carbocycles. The van der Waals surface area contributed by atoms with Crippen LogP contribution in [-0.2, 0) is 6.42 Å². The van der Waals surface area contributed by atoms with E-state index >= 15 is 0 Å². The number of benzene rings is 2. The molecule has 0 aliphatic carbocycles. The highest BCUT2D eigenvalue weighted by molar-refractivity contribution is 7.17. The summed E-state index contributed by atoms with van der Waals surface area (Å²) >= 11 is 1.82. The van der Waals surface area contributed by atoms with Gasteiger partial charge in [-0.2, -0.15) is 0 Å². The lowest BCUT2D eigenvalue weighted by Crippen LogP contribution is -2.23. The molecule has 20 heavy (non-hydrogen) atoms. The van der Waals surface area contributed by atoms with Crippen LogP contribution in [0.2, 0.25) is 0 Å². The molecule has 0 radical (unpaired) electrons. The molecule has 0 fully saturated rings. The Labute approximate surface area is 124 Å². The lowest BCUT2D eigenvalue weighted by atomic mass is 10.0. The van der Waals surface area contributed by atoms with Crippen molar-refractivity contribution < 1.29 is 0 Å². The minimum atomic E-state index is 0.515. The van der Waals surface area contributed by atoms with E-state index < -0.39 is 0 Å². The van der Waals surface area contributed by atoms with Crippen molar-refractivity contribution in [3.05, 3.63) is 59.5 Å². The van der Waals surface area contributed by atoms with Gasteiger partial charge in [-0.3, -0.25) is 0 Å². The van der Waals surface area contributed by atoms with Crippen molar-refractivity contribution in [3.63, 3.8) is 0 Å². The summed E-state index contributed by atoms with van der Waals surface area (Å²) in [5.74, 6) is 0. The zero-order valence-electron chi connectivity index (χ0n) is 11.9. The molecular weight excluding hydrogens is 262 g/mol. The van der Waals surface area contributed by atoms with Gasteiger partial charge in [-0.1, -0.05) is 42.5 Å². The molecule has 0 amide bonds. The van der Waals surface area contributed by atoms with Crippen molar-refractivity contribution >= 4 is 21.4 Å². The summed E-state index contributed by atoms with van der Waals surface area (Å²) in [5.41, 5.74) is 4.03. The first-order chi connectivity index (χ1) is 9.78. The second-order valence-electron chi connectivity index (χ2n) is 5.24. The molecule has 0 aliphatic heterocycles. The van der Waals surface area contributed by atoms with E-state index in [1.807, 2.05) is 18.4 Å². The van der Waals surface area contributed by atoms with Crippen LogP contribution in [0.15, 0.2) is 53.9 Å². The molecule has 0 bridgehead atoms. The van der Waals surface area contributed by atoms with Crippen LogP contribution < -0.4 is 5.32 Å². The molecule has 0 saturated heterocycles. The molecule has 1 heterocycles. The van der Waals surface area contributed by atoms with Crippen molar-refractivity contribution in [2.45, 2.75) is 19.4 Å². The van der Waals surface area contributed by atoms with E-state index in [-0.39, 0.29) is 0 Å². The van der Waals surface area contributed by atoms with Crippen LogP contribution in [0.4, 0.5) is 0 Å². The first kappa shape index (κ1) is 13.3. The molecule has 2 heteroatoms. The number of thiophene rings is 1.